The molecule has 3 rings (SSSR count). The van der Waals surface area contributed by atoms with E-state index in [0.717, 1.165) is 25.7 Å². The molecule has 1 aromatic carbocycles. The van der Waals surface area contributed by atoms with Crippen molar-refractivity contribution in [2.45, 2.75) is 57.2 Å². The third-order valence-corrected chi connectivity index (χ3v) is 6.95. The molecule has 1 fully saturated rings. The average Bonchev–Trinajstić information content (AvgIpc) is 3.15. The van der Waals surface area contributed by atoms with Crippen LogP contribution in [0.1, 0.15) is 39.5 Å². The number of hydrogen-bond acceptors (Lipinski definition) is 7. The minimum atomic E-state index is -4.75. The molecule has 1 heterocycles. The Bertz CT molecular complexity index is 953. The zero-order valence-corrected chi connectivity index (χ0v) is 18.0. The van der Waals surface area contributed by atoms with Crippen LogP contribution < -0.4 is 14.8 Å². The molecule has 0 atom stereocenters. The number of sulfonamides is 1. The SMILES string of the molecule is CC(C)S(=O)(=O)NC[C@H]1CC[C@H](Nc2nc(-c3ccc(OC(F)(F)F)cc3)no2)CC1. The van der Waals surface area contributed by atoms with Crippen LogP contribution >= 0.6 is 0 Å². The van der Waals surface area contributed by atoms with Crippen LogP contribution in [-0.2, 0) is 10.0 Å². The Labute approximate surface area is 178 Å². The summed E-state index contributed by atoms with van der Waals surface area (Å²) >= 11 is 0. The number of nitrogens with zero attached hydrogens (tertiary/aromatic N) is 2. The van der Waals surface area contributed by atoms with Gasteiger partial charge in [-0.2, -0.15) is 4.98 Å². The molecule has 0 amide bonds. The first-order valence-electron chi connectivity index (χ1n) is 9.97. The molecule has 2 N–H and O–H groups in total. The second-order valence-corrected chi connectivity index (χ2v) is 10.1. The van der Waals surface area contributed by atoms with Gasteiger partial charge >= 0.3 is 12.4 Å². The molecule has 0 saturated heterocycles. The Morgan fingerprint density at radius 2 is 1.81 bits per heavy atom. The van der Waals surface area contributed by atoms with Crippen molar-refractivity contribution >= 4 is 16.0 Å². The molecule has 31 heavy (non-hydrogen) atoms. The molecular weight excluding hydrogens is 437 g/mol. The number of benzene rings is 1. The van der Waals surface area contributed by atoms with Gasteiger partial charge < -0.3 is 14.6 Å². The summed E-state index contributed by atoms with van der Waals surface area (Å²) < 4.78 is 72.2. The van der Waals surface area contributed by atoms with Gasteiger partial charge in [0.25, 0.3) is 0 Å². The normalized spacial score (nSPS) is 20.1. The van der Waals surface area contributed by atoms with Crippen molar-refractivity contribution in [1.82, 2.24) is 14.9 Å². The minimum Gasteiger partial charge on any atom is -0.406 e. The zero-order valence-electron chi connectivity index (χ0n) is 17.1. The van der Waals surface area contributed by atoms with Crippen LogP contribution in [0.2, 0.25) is 0 Å². The molecule has 0 spiro atoms. The Balaban J connectivity index is 1.48. The maximum absolute atomic E-state index is 12.2. The Morgan fingerprint density at radius 3 is 2.39 bits per heavy atom. The van der Waals surface area contributed by atoms with E-state index < -0.39 is 21.6 Å². The van der Waals surface area contributed by atoms with Gasteiger partial charge in [-0.25, -0.2) is 13.1 Å². The molecule has 8 nitrogen and oxygen atoms in total. The van der Waals surface area contributed by atoms with E-state index in [-0.39, 0.29) is 29.5 Å². The molecule has 172 valence electrons. The van der Waals surface area contributed by atoms with Crippen LogP contribution in [0, 0.1) is 5.92 Å². The van der Waals surface area contributed by atoms with Crippen LogP contribution in [0.5, 0.6) is 5.75 Å². The number of rotatable bonds is 8. The van der Waals surface area contributed by atoms with Gasteiger partial charge in [0.2, 0.25) is 15.8 Å². The molecule has 12 heteroatoms. The van der Waals surface area contributed by atoms with Gasteiger partial charge in [0.15, 0.2) is 0 Å². The number of ether oxygens (including phenoxy) is 1. The highest BCUT2D eigenvalue weighted by molar-refractivity contribution is 7.90. The highest BCUT2D eigenvalue weighted by Crippen LogP contribution is 2.28. The Kier molecular flexibility index (Phi) is 7.10. The maximum Gasteiger partial charge on any atom is 0.573 e. The van der Waals surface area contributed by atoms with Crippen LogP contribution in [0.4, 0.5) is 19.2 Å². The zero-order chi connectivity index (χ0) is 22.6. The van der Waals surface area contributed by atoms with E-state index in [9.17, 15) is 21.6 Å². The van der Waals surface area contributed by atoms with Gasteiger partial charge in [0.1, 0.15) is 5.75 Å². The van der Waals surface area contributed by atoms with Crippen molar-refractivity contribution in [3.05, 3.63) is 24.3 Å². The number of nitrogens with one attached hydrogen (secondary N) is 2. The Hall–Kier alpha value is -2.34. The largest absolute Gasteiger partial charge is 0.573 e. The van der Waals surface area contributed by atoms with Crippen molar-refractivity contribution < 1.29 is 30.8 Å². The van der Waals surface area contributed by atoms with Crippen LogP contribution in [0.15, 0.2) is 28.8 Å². The predicted molar refractivity (Wildman–Crippen MR) is 108 cm³/mol. The van der Waals surface area contributed by atoms with Crippen LogP contribution in [-0.4, -0.2) is 42.8 Å². The van der Waals surface area contributed by atoms with Gasteiger partial charge in [0, 0.05) is 18.2 Å². The molecule has 0 unspecified atom stereocenters. The molecule has 1 aromatic heterocycles. The molecule has 0 radical (unpaired) electrons. The van der Waals surface area contributed by atoms with E-state index in [4.69, 9.17) is 4.52 Å². The lowest BCUT2D eigenvalue weighted by Crippen LogP contribution is -2.37. The van der Waals surface area contributed by atoms with E-state index in [1.165, 1.54) is 24.3 Å². The Morgan fingerprint density at radius 1 is 1.16 bits per heavy atom. The highest BCUT2D eigenvalue weighted by atomic mass is 32.2. The summed E-state index contributed by atoms with van der Waals surface area (Å²) in [5.41, 5.74) is 0.493. The first-order valence-corrected chi connectivity index (χ1v) is 11.5. The van der Waals surface area contributed by atoms with Crippen molar-refractivity contribution in [1.29, 1.82) is 0 Å². The third kappa shape index (κ3) is 6.82. The summed E-state index contributed by atoms with van der Waals surface area (Å²) in [5.74, 6) is 0.200. The van der Waals surface area contributed by atoms with E-state index in [1.54, 1.807) is 13.8 Å². The highest BCUT2D eigenvalue weighted by Gasteiger charge is 2.31. The number of anilines is 1. The van der Waals surface area contributed by atoms with E-state index >= 15 is 0 Å². The molecule has 0 aliphatic heterocycles. The summed E-state index contributed by atoms with van der Waals surface area (Å²) in [7, 11) is -3.26. The van der Waals surface area contributed by atoms with E-state index in [1.807, 2.05) is 0 Å². The minimum absolute atomic E-state index is 0.119. The van der Waals surface area contributed by atoms with Crippen molar-refractivity contribution in [3.8, 4) is 17.1 Å². The second kappa shape index (κ2) is 9.43. The van der Waals surface area contributed by atoms with Crippen LogP contribution in [0.3, 0.4) is 0 Å². The van der Waals surface area contributed by atoms with Crippen molar-refractivity contribution in [3.63, 3.8) is 0 Å². The molecule has 2 aromatic rings. The number of hydrogen-bond donors (Lipinski definition) is 2. The molecular formula is C19H25F3N4O4S. The summed E-state index contributed by atoms with van der Waals surface area (Å²) in [4.78, 5) is 4.24. The van der Waals surface area contributed by atoms with Gasteiger partial charge in [-0.15, -0.1) is 13.2 Å². The maximum atomic E-state index is 12.2. The predicted octanol–water partition coefficient (Wildman–Crippen LogP) is 3.93. The molecule has 0 bridgehead atoms. The second-order valence-electron chi connectivity index (χ2n) is 7.80. The monoisotopic (exact) mass is 462 g/mol. The lowest BCUT2D eigenvalue weighted by Gasteiger charge is -2.28. The van der Waals surface area contributed by atoms with Gasteiger partial charge in [-0.3, -0.25) is 0 Å². The number of aromatic nitrogens is 2. The summed E-state index contributed by atoms with van der Waals surface area (Å²) in [6, 6.07) is 5.55. The average molecular weight is 462 g/mol. The number of alkyl halides is 3. The van der Waals surface area contributed by atoms with E-state index in [2.05, 4.69) is 24.9 Å². The lowest BCUT2D eigenvalue weighted by molar-refractivity contribution is -0.274. The molecule has 1 aliphatic rings. The molecule has 1 saturated carbocycles. The smallest absolute Gasteiger partial charge is 0.406 e. The van der Waals surface area contributed by atoms with Crippen molar-refractivity contribution in [2.24, 2.45) is 5.92 Å². The first kappa shape index (κ1) is 23.3. The van der Waals surface area contributed by atoms with E-state index in [0.29, 0.717) is 12.1 Å². The summed E-state index contributed by atoms with van der Waals surface area (Å²) in [5, 5.41) is 6.57. The first-order chi connectivity index (χ1) is 14.5. The quantitative estimate of drug-likeness (QED) is 0.612. The van der Waals surface area contributed by atoms with Crippen LogP contribution in [0.25, 0.3) is 11.4 Å². The van der Waals surface area contributed by atoms with Gasteiger partial charge in [0.05, 0.1) is 5.25 Å². The summed E-state index contributed by atoms with van der Waals surface area (Å²) in [6.07, 6.45) is -1.37. The lowest BCUT2D eigenvalue weighted by atomic mass is 9.86. The number of halogens is 3. The topological polar surface area (TPSA) is 106 Å². The van der Waals surface area contributed by atoms with Crippen molar-refractivity contribution in [2.75, 3.05) is 11.9 Å². The fourth-order valence-corrected chi connectivity index (χ4v) is 4.09. The van der Waals surface area contributed by atoms with Gasteiger partial charge in [-0.1, -0.05) is 5.16 Å². The standard InChI is InChI=1S/C19H25F3N4O4S/c1-12(2)31(27,28)23-11-13-3-7-15(8-4-13)24-18-25-17(26-30-18)14-5-9-16(10-6-14)29-19(20,21)22/h5-6,9-10,12-13,15,23H,3-4,7-8,11H2,1-2H3,(H,24,25,26)/t13-,15-. The summed E-state index contributed by atoms with van der Waals surface area (Å²) in [6.45, 7) is 3.73. The molecule has 1 aliphatic carbocycles. The van der Waals surface area contributed by atoms with Gasteiger partial charge in [-0.05, 0) is 69.7 Å². The third-order valence-electron chi connectivity index (χ3n) is 5.14. The fourth-order valence-electron chi connectivity index (χ4n) is 3.29. The fraction of sp³-hybridized carbons (Fsp3) is 0.579.